The van der Waals surface area contributed by atoms with Crippen LogP contribution in [0.2, 0.25) is 0 Å². The first-order valence-corrected chi connectivity index (χ1v) is 10.9. The molecule has 0 aliphatic carbocycles. The van der Waals surface area contributed by atoms with Crippen molar-refractivity contribution in [3.05, 3.63) is 38.9 Å². The molecular formula is C22H27N3O5S. The van der Waals surface area contributed by atoms with Crippen molar-refractivity contribution in [3.8, 4) is 11.5 Å². The van der Waals surface area contributed by atoms with Crippen molar-refractivity contribution in [1.29, 1.82) is 0 Å². The van der Waals surface area contributed by atoms with Gasteiger partial charge in [0.05, 0.1) is 7.11 Å². The lowest BCUT2D eigenvalue weighted by Gasteiger charge is -2.15. The first kappa shape index (κ1) is 22.7. The van der Waals surface area contributed by atoms with E-state index < -0.39 is 5.97 Å². The van der Waals surface area contributed by atoms with Gasteiger partial charge < -0.3 is 19.9 Å². The van der Waals surface area contributed by atoms with E-state index in [1.54, 1.807) is 0 Å². The van der Waals surface area contributed by atoms with Gasteiger partial charge in [0.15, 0.2) is 0 Å². The molecule has 1 aliphatic rings. The van der Waals surface area contributed by atoms with Crippen molar-refractivity contribution in [2.75, 3.05) is 12.4 Å². The van der Waals surface area contributed by atoms with Crippen LogP contribution in [0.15, 0.2) is 11.6 Å². The van der Waals surface area contributed by atoms with Gasteiger partial charge in [-0.1, -0.05) is 36.8 Å². The van der Waals surface area contributed by atoms with E-state index in [1.807, 2.05) is 33.8 Å². The standard InChI is InChI=1S/C22H27N3O5S/c1-11(2)20-24-25-22(31-20)23-16(26)9-7-12(3)6-8-14-18(27)17-15(10-30-21(17)28)13(4)19(14)29-5/h6,11,27H,7-10H2,1-5H3,(H,23,25,26). The quantitative estimate of drug-likeness (QED) is 0.461. The lowest BCUT2D eigenvalue weighted by Crippen LogP contribution is -2.11. The fraction of sp³-hybridized carbons (Fsp3) is 0.455. The molecule has 0 radical (unpaired) electrons. The summed E-state index contributed by atoms with van der Waals surface area (Å²) in [6.07, 6.45) is 3.16. The number of cyclic esters (lactones) is 1. The molecule has 8 nitrogen and oxygen atoms in total. The highest BCUT2D eigenvalue weighted by Crippen LogP contribution is 2.42. The lowest BCUT2D eigenvalue weighted by molar-refractivity contribution is -0.116. The van der Waals surface area contributed by atoms with Crippen LogP contribution in [0.3, 0.4) is 0 Å². The molecule has 166 valence electrons. The molecule has 2 N–H and O–H groups in total. The molecule has 0 fully saturated rings. The number of fused-ring (bicyclic) bond motifs is 1. The van der Waals surface area contributed by atoms with Crippen molar-refractivity contribution in [1.82, 2.24) is 10.2 Å². The number of ether oxygens (including phenoxy) is 2. The third kappa shape index (κ3) is 4.87. The predicted molar refractivity (Wildman–Crippen MR) is 118 cm³/mol. The van der Waals surface area contributed by atoms with Crippen LogP contribution in [0, 0.1) is 6.92 Å². The smallest absolute Gasteiger partial charge is 0.342 e. The number of allylic oxidation sites excluding steroid dienone is 2. The third-order valence-corrected chi connectivity index (χ3v) is 6.37. The number of phenolic OH excluding ortho intramolecular Hbond substituents is 1. The number of aromatic nitrogens is 2. The Hall–Kier alpha value is -2.94. The maximum absolute atomic E-state index is 12.2. The molecule has 0 unspecified atom stereocenters. The maximum Gasteiger partial charge on any atom is 0.342 e. The number of hydrogen-bond acceptors (Lipinski definition) is 8. The number of hydrogen-bond donors (Lipinski definition) is 2. The van der Waals surface area contributed by atoms with Gasteiger partial charge in [0.25, 0.3) is 0 Å². The molecule has 0 saturated carbocycles. The highest BCUT2D eigenvalue weighted by atomic mass is 32.1. The van der Waals surface area contributed by atoms with Crippen molar-refractivity contribution in [2.45, 2.75) is 59.5 Å². The highest BCUT2D eigenvalue weighted by Gasteiger charge is 2.31. The molecule has 3 rings (SSSR count). The number of carbonyl (C=O) groups is 2. The lowest BCUT2D eigenvalue weighted by atomic mass is 9.94. The Morgan fingerprint density at radius 2 is 2.10 bits per heavy atom. The number of anilines is 1. The normalized spacial score (nSPS) is 13.4. The second kappa shape index (κ2) is 9.47. The van der Waals surface area contributed by atoms with Gasteiger partial charge in [0, 0.05) is 23.5 Å². The molecule has 0 spiro atoms. The van der Waals surface area contributed by atoms with Crippen LogP contribution < -0.4 is 10.1 Å². The van der Waals surface area contributed by atoms with Crippen LogP contribution in [0.1, 0.15) is 71.6 Å². The van der Waals surface area contributed by atoms with E-state index in [0.717, 1.165) is 16.1 Å². The number of benzene rings is 1. The number of rotatable bonds is 8. The van der Waals surface area contributed by atoms with Gasteiger partial charge in [-0.05, 0) is 32.3 Å². The fourth-order valence-corrected chi connectivity index (χ4v) is 4.18. The zero-order chi connectivity index (χ0) is 22.7. The summed E-state index contributed by atoms with van der Waals surface area (Å²) in [7, 11) is 1.54. The van der Waals surface area contributed by atoms with Crippen LogP contribution >= 0.6 is 11.3 Å². The molecule has 2 aromatic rings. The van der Waals surface area contributed by atoms with E-state index in [1.165, 1.54) is 18.4 Å². The molecular weight excluding hydrogens is 418 g/mol. The van der Waals surface area contributed by atoms with Gasteiger partial charge in [-0.25, -0.2) is 4.79 Å². The molecule has 31 heavy (non-hydrogen) atoms. The van der Waals surface area contributed by atoms with Gasteiger partial charge >= 0.3 is 5.97 Å². The van der Waals surface area contributed by atoms with Crippen molar-refractivity contribution in [2.24, 2.45) is 0 Å². The molecule has 0 bridgehead atoms. The van der Waals surface area contributed by atoms with Crippen LogP contribution in [0.25, 0.3) is 0 Å². The van der Waals surface area contributed by atoms with Gasteiger partial charge in [-0.2, -0.15) is 0 Å². The van der Waals surface area contributed by atoms with Crippen molar-refractivity contribution < 1.29 is 24.2 Å². The van der Waals surface area contributed by atoms with E-state index in [0.29, 0.717) is 41.3 Å². The maximum atomic E-state index is 12.2. The first-order valence-electron chi connectivity index (χ1n) is 10.1. The third-order valence-electron chi connectivity index (χ3n) is 5.23. The number of methoxy groups -OCH3 is 1. The van der Waals surface area contributed by atoms with E-state index in [9.17, 15) is 14.7 Å². The minimum atomic E-state index is -0.519. The van der Waals surface area contributed by atoms with Crippen LogP contribution in [-0.4, -0.2) is 34.3 Å². The summed E-state index contributed by atoms with van der Waals surface area (Å²) in [4.78, 5) is 24.2. The summed E-state index contributed by atoms with van der Waals surface area (Å²) in [5.74, 6) is 0.0731. The molecule has 1 aromatic carbocycles. The Labute approximate surface area is 185 Å². The summed E-state index contributed by atoms with van der Waals surface area (Å²) in [6.45, 7) is 7.97. The molecule has 2 heterocycles. The van der Waals surface area contributed by atoms with E-state index >= 15 is 0 Å². The Morgan fingerprint density at radius 1 is 1.35 bits per heavy atom. The zero-order valence-corrected chi connectivity index (χ0v) is 19.2. The Bertz CT molecular complexity index is 1040. The molecule has 1 aliphatic heterocycles. The zero-order valence-electron chi connectivity index (χ0n) is 18.4. The van der Waals surface area contributed by atoms with Gasteiger partial charge in [0.1, 0.15) is 28.7 Å². The van der Waals surface area contributed by atoms with Gasteiger partial charge in [0.2, 0.25) is 11.0 Å². The van der Waals surface area contributed by atoms with Gasteiger partial charge in [-0.3, -0.25) is 4.79 Å². The Kier molecular flexibility index (Phi) is 6.94. The minimum Gasteiger partial charge on any atom is -0.507 e. The predicted octanol–water partition coefficient (Wildman–Crippen LogP) is 4.26. The highest BCUT2D eigenvalue weighted by molar-refractivity contribution is 7.15. The molecule has 1 amide bonds. The van der Waals surface area contributed by atoms with E-state index in [2.05, 4.69) is 15.5 Å². The number of nitrogens with one attached hydrogen (secondary N) is 1. The number of nitrogens with zero attached hydrogens (tertiary/aromatic N) is 2. The SMILES string of the molecule is COc1c(C)c2c(c(O)c1CC=C(C)CCC(=O)Nc1nnc(C(C)C)s1)C(=O)OC2. The number of amides is 1. The van der Waals surface area contributed by atoms with E-state index in [-0.39, 0.29) is 29.7 Å². The molecule has 0 saturated heterocycles. The average Bonchev–Trinajstić information content (AvgIpc) is 3.35. The largest absolute Gasteiger partial charge is 0.507 e. The number of aromatic hydroxyl groups is 1. The average molecular weight is 446 g/mol. The van der Waals surface area contributed by atoms with Crippen LogP contribution in [-0.2, 0) is 22.6 Å². The fourth-order valence-electron chi connectivity index (χ4n) is 3.42. The second-order valence-electron chi connectivity index (χ2n) is 7.82. The van der Waals surface area contributed by atoms with Crippen molar-refractivity contribution >= 4 is 28.3 Å². The monoisotopic (exact) mass is 445 g/mol. The molecule has 0 atom stereocenters. The summed E-state index contributed by atoms with van der Waals surface area (Å²) < 4.78 is 10.6. The van der Waals surface area contributed by atoms with Crippen LogP contribution in [0.5, 0.6) is 11.5 Å². The summed E-state index contributed by atoms with van der Waals surface area (Å²) in [6, 6.07) is 0. The Balaban J connectivity index is 1.65. The van der Waals surface area contributed by atoms with Crippen LogP contribution in [0.4, 0.5) is 5.13 Å². The van der Waals surface area contributed by atoms with E-state index in [4.69, 9.17) is 9.47 Å². The summed E-state index contributed by atoms with van der Waals surface area (Å²) >= 11 is 1.38. The van der Waals surface area contributed by atoms with Gasteiger partial charge in [-0.15, -0.1) is 10.2 Å². The topological polar surface area (TPSA) is 111 Å². The minimum absolute atomic E-state index is 0.0982. The second-order valence-corrected chi connectivity index (χ2v) is 8.83. The Morgan fingerprint density at radius 3 is 2.74 bits per heavy atom. The number of carbonyl (C=O) groups excluding carboxylic acids is 2. The molecule has 9 heteroatoms. The summed E-state index contributed by atoms with van der Waals surface area (Å²) in [5.41, 5.74) is 3.20. The first-order chi connectivity index (χ1) is 14.7. The van der Waals surface area contributed by atoms with Crippen molar-refractivity contribution in [3.63, 3.8) is 0 Å². The number of esters is 1. The molecule has 1 aromatic heterocycles. The number of phenols is 1. The summed E-state index contributed by atoms with van der Waals surface area (Å²) in [5, 5.41) is 22.9.